The predicted octanol–water partition coefficient (Wildman–Crippen LogP) is 1.24. The van der Waals surface area contributed by atoms with Gasteiger partial charge in [0.1, 0.15) is 0 Å². The molecular formula is C11H15N3O2. The topological polar surface area (TPSA) is 63.2 Å². The van der Waals surface area contributed by atoms with Gasteiger partial charge in [0.05, 0.1) is 18.5 Å². The van der Waals surface area contributed by atoms with Crippen LogP contribution in [0.5, 0.6) is 0 Å². The summed E-state index contributed by atoms with van der Waals surface area (Å²) >= 11 is 0. The molecule has 2 rings (SSSR count). The third kappa shape index (κ3) is 3.20. The molecule has 5 nitrogen and oxygen atoms in total. The van der Waals surface area contributed by atoms with Gasteiger partial charge < -0.3 is 15.4 Å². The van der Waals surface area contributed by atoms with Crippen LogP contribution in [0.2, 0.25) is 0 Å². The number of anilines is 1. The highest BCUT2D eigenvalue weighted by Gasteiger charge is 2.16. The molecule has 1 saturated heterocycles. The van der Waals surface area contributed by atoms with Crippen LogP contribution in [0, 0.1) is 5.92 Å². The van der Waals surface area contributed by atoms with Crippen molar-refractivity contribution in [2.45, 2.75) is 6.42 Å². The van der Waals surface area contributed by atoms with E-state index in [1.807, 2.05) is 0 Å². The van der Waals surface area contributed by atoms with Gasteiger partial charge in [-0.05, 0) is 18.6 Å². The summed E-state index contributed by atoms with van der Waals surface area (Å²) in [7, 11) is 0. The molecule has 2 N–H and O–H groups in total. The summed E-state index contributed by atoms with van der Waals surface area (Å²) < 4.78 is 5.23. The second kappa shape index (κ2) is 5.46. The van der Waals surface area contributed by atoms with Gasteiger partial charge in [0, 0.05) is 25.3 Å². The Labute approximate surface area is 94.2 Å². The Balaban J connectivity index is 1.72. The summed E-state index contributed by atoms with van der Waals surface area (Å²) in [4.78, 5) is 15.4. The monoisotopic (exact) mass is 221 g/mol. The number of urea groups is 1. The highest BCUT2D eigenvalue weighted by molar-refractivity contribution is 5.88. The van der Waals surface area contributed by atoms with Crippen molar-refractivity contribution in [2.75, 3.05) is 25.1 Å². The third-order valence-electron chi connectivity index (χ3n) is 2.49. The predicted molar refractivity (Wildman–Crippen MR) is 60.2 cm³/mol. The van der Waals surface area contributed by atoms with Crippen molar-refractivity contribution in [1.29, 1.82) is 0 Å². The Hall–Kier alpha value is -1.62. The Morgan fingerprint density at radius 3 is 3.25 bits per heavy atom. The molecule has 2 heterocycles. The molecule has 0 radical (unpaired) electrons. The van der Waals surface area contributed by atoms with Crippen molar-refractivity contribution in [3.63, 3.8) is 0 Å². The first-order chi connectivity index (χ1) is 7.84. The van der Waals surface area contributed by atoms with E-state index in [0.717, 1.165) is 19.6 Å². The van der Waals surface area contributed by atoms with Crippen LogP contribution >= 0.6 is 0 Å². The molecule has 2 amide bonds. The summed E-state index contributed by atoms with van der Waals surface area (Å²) in [6.07, 6.45) is 4.30. The fourth-order valence-electron chi connectivity index (χ4n) is 1.59. The van der Waals surface area contributed by atoms with Crippen LogP contribution in [0.25, 0.3) is 0 Å². The van der Waals surface area contributed by atoms with Gasteiger partial charge in [0.15, 0.2) is 0 Å². The molecule has 0 spiro atoms. The van der Waals surface area contributed by atoms with Gasteiger partial charge in [0.25, 0.3) is 0 Å². The van der Waals surface area contributed by atoms with Crippen LogP contribution in [-0.4, -0.2) is 30.8 Å². The second-order valence-corrected chi connectivity index (χ2v) is 3.81. The smallest absolute Gasteiger partial charge is 0.319 e. The SMILES string of the molecule is O=C(NC[C@H]1CCOC1)Nc1cccnc1. The Morgan fingerprint density at radius 2 is 2.56 bits per heavy atom. The molecule has 1 fully saturated rings. The average molecular weight is 221 g/mol. The lowest BCUT2D eigenvalue weighted by molar-refractivity contribution is 0.185. The Kier molecular flexibility index (Phi) is 3.71. The number of carbonyl (C=O) groups excluding carboxylic acids is 1. The average Bonchev–Trinajstić information content (AvgIpc) is 2.81. The van der Waals surface area contributed by atoms with E-state index in [0.29, 0.717) is 18.2 Å². The number of nitrogens with one attached hydrogen (secondary N) is 2. The number of pyridine rings is 1. The molecule has 0 aromatic carbocycles. The van der Waals surface area contributed by atoms with E-state index >= 15 is 0 Å². The molecule has 1 aliphatic rings. The maximum atomic E-state index is 11.5. The van der Waals surface area contributed by atoms with Crippen LogP contribution in [-0.2, 0) is 4.74 Å². The largest absolute Gasteiger partial charge is 0.381 e. The first kappa shape index (κ1) is 10.9. The number of hydrogen-bond donors (Lipinski definition) is 2. The van der Waals surface area contributed by atoms with Crippen molar-refractivity contribution in [3.8, 4) is 0 Å². The molecular weight excluding hydrogens is 206 g/mol. The molecule has 0 bridgehead atoms. The van der Waals surface area contributed by atoms with Crippen molar-refractivity contribution in [2.24, 2.45) is 5.92 Å². The van der Waals surface area contributed by atoms with Crippen molar-refractivity contribution >= 4 is 11.7 Å². The minimum Gasteiger partial charge on any atom is -0.381 e. The summed E-state index contributed by atoms with van der Waals surface area (Å²) in [5, 5.41) is 5.53. The minimum absolute atomic E-state index is 0.195. The highest BCUT2D eigenvalue weighted by Crippen LogP contribution is 2.10. The number of nitrogens with zero attached hydrogens (tertiary/aromatic N) is 1. The maximum absolute atomic E-state index is 11.5. The first-order valence-corrected chi connectivity index (χ1v) is 5.37. The normalized spacial score (nSPS) is 19.4. The molecule has 16 heavy (non-hydrogen) atoms. The fourth-order valence-corrected chi connectivity index (χ4v) is 1.59. The quantitative estimate of drug-likeness (QED) is 0.807. The zero-order chi connectivity index (χ0) is 11.2. The van der Waals surface area contributed by atoms with Crippen LogP contribution in [0.4, 0.5) is 10.5 Å². The molecule has 0 saturated carbocycles. The summed E-state index contributed by atoms with van der Waals surface area (Å²) in [6, 6.07) is 3.38. The number of ether oxygens (including phenoxy) is 1. The van der Waals surface area contributed by atoms with E-state index in [2.05, 4.69) is 15.6 Å². The third-order valence-corrected chi connectivity index (χ3v) is 2.49. The van der Waals surface area contributed by atoms with Crippen LogP contribution in [0.1, 0.15) is 6.42 Å². The lowest BCUT2D eigenvalue weighted by atomic mass is 10.1. The van der Waals surface area contributed by atoms with E-state index in [4.69, 9.17) is 4.74 Å². The molecule has 1 aliphatic heterocycles. The minimum atomic E-state index is -0.195. The van der Waals surface area contributed by atoms with E-state index in [9.17, 15) is 4.79 Å². The van der Waals surface area contributed by atoms with E-state index in [1.54, 1.807) is 24.5 Å². The number of hydrogen-bond acceptors (Lipinski definition) is 3. The van der Waals surface area contributed by atoms with Gasteiger partial charge in [-0.3, -0.25) is 4.98 Å². The number of aromatic nitrogens is 1. The number of carbonyl (C=O) groups is 1. The Bertz CT molecular complexity index is 336. The molecule has 0 unspecified atom stereocenters. The number of amides is 2. The van der Waals surface area contributed by atoms with E-state index in [1.165, 1.54) is 0 Å². The molecule has 86 valence electrons. The van der Waals surface area contributed by atoms with Crippen LogP contribution < -0.4 is 10.6 Å². The lowest BCUT2D eigenvalue weighted by Gasteiger charge is -2.10. The summed E-state index contributed by atoms with van der Waals surface area (Å²) in [5.74, 6) is 0.444. The zero-order valence-corrected chi connectivity index (χ0v) is 8.98. The molecule has 5 heteroatoms. The van der Waals surface area contributed by atoms with E-state index < -0.39 is 0 Å². The van der Waals surface area contributed by atoms with Crippen molar-refractivity contribution in [1.82, 2.24) is 10.3 Å². The molecule has 1 aromatic heterocycles. The van der Waals surface area contributed by atoms with E-state index in [-0.39, 0.29) is 6.03 Å². The fraction of sp³-hybridized carbons (Fsp3) is 0.455. The van der Waals surface area contributed by atoms with Gasteiger partial charge in [0.2, 0.25) is 0 Å². The van der Waals surface area contributed by atoms with Crippen molar-refractivity contribution in [3.05, 3.63) is 24.5 Å². The van der Waals surface area contributed by atoms with Gasteiger partial charge in [-0.25, -0.2) is 4.79 Å². The van der Waals surface area contributed by atoms with Crippen LogP contribution in [0.15, 0.2) is 24.5 Å². The van der Waals surface area contributed by atoms with Crippen molar-refractivity contribution < 1.29 is 9.53 Å². The Morgan fingerprint density at radius 1 is 1.62 bits per heavy atom. The second-order valence-electron chi connectivity index (χ2n) is 3.81. The van der Waals surface area contributed by atoms with Gasteiger partial charge in [-0.15, -0.1) is 0 Å². The maximum Gasteiger partial charge on any atom is 0.319 e. The lowest BCUT2D eigenvalue weighted by Crippen LogP contribution is -2.33. The molecule has 1 aromatic rings. The summed E-state index contributed by atoms with van der Waals surface area (Å²) in [5.41, 5.74) is 0.697. The molecule has 1 atom stereocenters. The zero-order valence-electron chi connectivity index (χ0n) is 8.98. The van der Waals surface area contributed by atoms with Gasteiger partial charge >= 0.3 is 6.03 Å². The van der Waals surface area contributed by atoms with Gasteiger partial charge in [-0.1, -0.05) is 0 Å². The number of rotatable bonds is 3. The van der Waals surface area contributed by atoms with Crippen LogP contribution in [0.3, 0.4) is 0 Å². The first-order valence-electron chi connectivity index (χ1n) is 5.37. The summed E-state index contributed by atoms with van der Waals surface area (Å²) in [6.45, 7) is 2.20. The standard InChI is InChI=1S/C11H15N3O2/c15-11(13-6-9-3-5-16-8-9)14-10-2-1-4-12-7-10/h1-2,4,7,9H,3,5-6,8H2,(H2,13,14,15)/t9-/m1/s1. The highest BCUT2D eigenvalue weighted by atomic mass is 16.5. The van der Waals surface area contributed by atoms with Gasteiger partial charge in [-0.2, -0.15) is 0 Å². The molecule has 0 aliphatic carbocycles.